The van der Waals surface area contributed by atoms with Crippen molar-refractivity contribution in [3.8, 4) is 0 Å². The number of nitrogens with two attached hydrogens (primary N) is 1. The van der Waals surface area contributed by atoms with Gasteiger partial charge in [0.05, 0.1) is 11.6 Å². The third kappa shape index (κ3) is 3.78. The number of rotatable bonds is 7. The predicted molar refractivity (Wildman–Crippen MR) is 80.5 cm³/mol. The molecule has 0 fully saturated rings. The zero-order valence-corrected chi connectivity index (χ0v) is 12.1. The Labute approximate surface area is 122 Å². The second-order valence-electron chi connectivity index (χ2n) is 4.73. The van der Waals surface area contributed by atoms with Crippen LogP contribution in [0.4, 0.5) is 11.8 Å². The molecule has 0 aliphatic rings. The van der Waals surface area contributed by atoms with Gasteiger partial charge >= 0.3 is 0 Å². The molecule has 0 saturated heterocycles. The second-order valence-corrected chi connectivity index (χ2v) is 4.73. The van der Waals surface area contributed by atoms with Crippen molar-refractivity contribution >= 4 is 28.7 Å². The fourth-order valence-corrected chi connectivity index (χ4v) is 1.78. The molecule has 6 N–H and O–H groups in total. The van der Waals surface area contributed by atoms with Crippen molar-refractivity contribution in [2.45, 2.75) is 32.7 Å². The van der Waals surface area contributed by atoms with Gasteiger partial charge in [-0.15, -0.1) is 0 Å². The Morgan fingerprint density at radius 1 is 1.48 bits per heavy atom. The minimum absolute atomic E-state index is 0.00603. The molecule has 1 atom stereocenters. The number of H-pyrrole nitrogens is 1. The summed E-state index contributed by atoms with van der Waals surface area (Å²) in [6.45, 7) is 4.47. The molecule has 2 rings (SSSR count). The van der Waals surface area contributed by atoms with E-state index >= 15 is 0 Å². The number of aromatic nitrogens is 4. The second kappa shape index (κ2) is 6.84. The van der Waals surface area contributed by atoms with E-state index in [0.717, 1.165) is 11.8 Å². The van der Waals surface area contributed by atoms with Crippen LogP contribution in [0.5, 0.6) is 0 Å². The number of fused-ring (bicyclic) bond motifs is 1. The van der Waals surface area contributed by atoms with Crippen molar-refractivity contribution < 1.29 is 4.79 Å². The lowest BCUT2D eigenvalue weighted by Crippen LogP contribution is -2.33. The van der Waals surface area contributed by atoms with Crippen LogP contribution < -0.4 is 21.9 Å². The van der Waals surface area contributed by atoms with Gasteiger partial charge in [-0.25, -0.2) is 5.84 Å². The number of hydrazine groups is 1. The highest BCUT2D eigenvalue weighted by atomic mass is 16.1. The Hall–Kier alpha value is -2.42. The quantitative estimate of drug-likeness (QED) is 0.367. The summed E-state index contributed by atoms with van der Waals surface area (Å²) in [7, 11) is 0. The number of amides is 1. The first-order valence-electron chi connectivity index (χ1n) is 6.85. The summed E-state index contributed by atoms with van der Waals surface area (Å²) in [5.41, 5.74) is 2.97. The number of carbonyl (C=O) groups is 1. The number of nitrogen functional groups attached to an aromatic ring is 1. The summed E-state index contributed by atoms with van der Waals surface area (Å²) >= 11 is 0. The van der Waals surface area contributed by atoms with Crippen LogP contribution in [-0.2, 0) is 4.79 Å². The predicted octanol–water partition coefficient (Wildman–Crippen LogP) is 0.355. The first-order chi connectivity index (χ1) is 10.1. The molecule has 0 bridgehead atoms. The summed E-state index contributed by atoms with van der Waals surface area (Å²) in [6, 6.07) is 0.185. The van der Waals surface area contributed by atoms with Gasteiger partial charge in [0, 0.05) is 19.0 Å². The molecular formula is C12H20N8O. The van der Waals surface area contributed by atoms with E-state index in [1.165, 1.54) is 0 Å². The van der Waals surface area contributed by atoms with Gasteiger partial charge in [0.25, 0.3) is 0 Å². The van der Waals surface area contributed by atoms with Crippen molar-refractivity contribution in [3.05, 3.63) is 6.20 Å². The Morgan fingerprint density at radius 2 is 2.29 bits per heavy atom. The van der Waals surface area contributed by atoms with E-state index in [0.29, 0.717) is 24.4 Å². The standard InChI is InChI=1S/C12H20N8O/c1-3-7(2)16-9(21)4-5-14-10-8-6-15-20-11(8)18-12(17-10)19-13/h6-7H,3-5,13H2,1-2H3,(H,16,21)(H3,14,15,17,18,19,20). The molecule has 1 amide bonds. The van der Waals surface area contributed by atoms with Crippen molar-refractivity contribution in [1.29, 1.82) is 0 Å². The first kappa shape index (κ1) is 15.0. The fourth-order valence-electron chi connectivity index (χ4n) is 1.78. The highest BCUT2D eigenvalue weighted by Crippen LogP contribution is 2.19. The van der Waals surface area contributed by atoms with Crippen molar-refractivity contribution in [2.24, 2.45) is 5.84 Å². The van der Waals surface area contributed by atoms with Crippen LogP contribution in [0.25, 0.3) is 11.0 Å². The smallest absolute Gasteiger partial charge is 0.241 e. The summed E-state index contributed by atoms with van der Waals surface area (Å²) in [4.78, 5) is 20.0. The van der Waals surface area contributed by atoms with Gasteiger partial charge in [-0.3, -0.25) is 15.3 Å². The summed E-state index contributed by atoms with van der Waals surface area (Å²) in [6.07, 6.45) is 2.89. The molecule has 2 aromatic heterocycles. The highest BCUT2D eigenvalue weighted by molar-refractivity contribution is 5.87. The molecule has 21 heavy (non-hydrogen) atoms. The minimum atomic E-state index is 0.00603. The number of anilines is 2. The maximum Gasteiger partial charge on any atom is 0.241 e. The van der Waals surface area contributed by atoms with Crippen LogP contribution >= 0.6 is 0 Å². The van der Waals surface area contributed by atoms with Crippen molar-refractivity contribution in [3.63, 3.8) is 0 Å². The molecule has 114 valence electrons. The molecule has 0 aromatic carbocycles. The Morgan fingerprint density at radius 3 is 3.00 bits per heavy atom. The maximum absolute atomic E-state index is 11.7. The van der Waals surface area contributed by atoms with Gasteiger partial charge in [-0.05, 0) is 13.3 Å². The normalized spacial score (nSPS) is 12.1. The van der Waals surface area contributed by atoms with Gasteiger partial charge in [0.2, 0.25) is 11.9 Å². The third-order valence-electron chi connectivity index (χ3n) is 3.10. The van der Waals surface area contributed by atoms with Crippen molar-refractivity contribution in [2.75, 3.05) is 17.3 Å². The van der Waals surface area contributed by atoms with Crippen molar-refractivity contribution in [1.82, 2.24) is 25.5 Å². The van der Waals surface area contributed by atoms with Gasteiger partial charge in [0.1, 0.15) is 5.82 Å². The first-order valence-corrected chi connectivity index (χ1v) is 6.85. The van der Waals surface area contributed by atoms with E-state index in [2.05, 4.69) is 36.2 Å². The van der Waals surface area contributed by atoms with Gasteiger partial charge < -0.3 is 10.6 Å². The van der Waals surface area contributed by atoms with Gasteiger partial charge in [-0.2, -0.15) is 15.1 Å². The van der Waals surface area contributed by atoms with Crippen LogP contribution in [0.15, 0.2) is 6.20 Å². The molecule has 2 heterocycles. The van der Waals surface area contributed by atoms with Crippen LogP contribution in [0.1, 0.15) is 26.7 Å². The molecule has 0 aliphatic carbocycles. The van der Waals surface area contributed by atoms with Crippen LogP contribution in [0.2, 0.25) is 0 Å². The molecular weight excluding hydrogens is 272 g/mol. The van der Waals surface area contributed by atoms with E-state index in [4.69, 9.17) is 5.84 Å². The summed E-state index contributed by atoms with van der Waals surface area (Å²) in [5, 5.41) is 13.4. The number of nitrogens with one attached hydrogen (secondary N) is 4. The largest absolute Gasteiger partial charge is 0.369 e. The number of carbonyl (C=O) groups excluding carboxylic acids is 1. The topological polar surface area (TPSA) is 134 Å². The lowest BCUT2D eigenvalue weighted by atomic mass is 10.2. The van der Waals surface area contributed by atoms with E-state index in [1.807, 2.05) is 13.8 Å². The van der Waals surface area contributed by atoms with Gasteiger partial charge in [0.15, 0.2) is 5.65 Å². The van der Waals surface area contributed by atoms with Gasteiger partial charge in [-0.1, -0.05) is 6.92 Å². The third-order valence-corrected chi connectivity index (χ3v) is 3.10. The number of hydrogen-bond acceptors (Lipinski definition) is 7. The fraction of sp³-hybridized carbons (Fsp3) is 0.500. The van der Waals surface area contributed by atoms with E-state index < -0.39 is 0 Å². The lowest BCUT2D eigenvalue weighted by Gasteiger charge is -2.12. The van der Waals surface area contributed by atoms with Crippen LogP contribution in [-0.4, -0.2) is 38.7 Å². The maximum atomic E-state index is 11.7. The SMILES string of the molecule is CCC(C)NC(=O)CCNc1nc(NN)nc2[nH]ncc12. The summed E-state index contributed by atoms with van der Waals surface area (Å²) < 4.78 is 0. The average molecular weight is 292 g/mol. The number of hydrogen-bond donors (Lipinski definition) is 5. The van der Waals surface area contributed by atoms with Crippen LogP contribution in [0, 0.1) is 0 Å². The minimum Gasteiger partial charge on any atom is -0.369 e. The monoisotopic (exact) mass is 292 g/mol. The molecule has 2 aromatic rings. The lowest BCUT2D eigenvalue weighted by molar-refractivity contribution is -0.121. The zero-order chi connectivity index (χ0) is 15.2. The molecule has 0 aliphatic heterocycles. The Bertz CT molecular complexity index is 610. The Kier molecular flexibility index (Phi) is 4.88. The Balaban J connectivity index is 1.97. The number of aromatic amines is 1. The molecule has 0 radical (unpaired) electrons. The molecule has 1 unspecified atom stereocenters. The van der Waals surface area contributed by atoms with Crippen LogP contribution in [0.3, 0.4) is 0 Å². The van der Waals surface area contributed by atoms with E-state index in [1.54, 1.807) is 6.20 Å². The highest BCUT2D eigenvalue weighted by Gasteiger charge is 2.10. The molecule has 0 saturated carbocycles. The molecule has 9 heteroatoms. The average Bonchev–Trinajstić information content (AvgIpc) is 2.95. The molecule has 0 spiro atoms. The number of nitrogens with zero attached hydrogens (tertiary/aromatic N) is 3. The van der Waals surface area contributed by atoms with E-state index in [9.17, 15) is 4.79 Å². The summed E-state index contributed by atoms with van der Waals surface area (Å²) in [5.74, 6) is 6.19. The molecule has 9 nitrogen and oxygen atoms in total. The van der Waals surface area contributed by atoms with E-state index in [-0.39, 0.29) is 17.9 Å². The zero-order valence-electron chi connectivity index (χ0n) is 12.1.